The predicted octanol–water partition coefficient (Wildman–Crippen LogP) is 1.51. The number of halogens is 1. The standard InChI is InChI=1S/C8H6ClNO2/c9-6-1-2-7(10-5-6)8(12)3-4-11/h1-2,4-5H,3H2. The second-order valence-corrected chi connectivity index (χ2v) is 2.59. The van der Waals surface area contributed by atoms with Crippen molar-refractivity contribution in [1.82, 2.24) is 4.98 Å². The fourth-order valence-corrected chi connectivity index (χ4v) is 0.833. The smallest absolute Gasteiger partial charge is 0.188 e. The Bertz CT molecular complexity index is 294. The zero-order chi connectivity index (χ0) is 8.97. The highest BCUT2D eigenvalue weighted by molar-refractivity contribution is 6.30. The summed E-state index contributed by atoms with van der Waals surface area (Å²) < 4.78 is 0. The molecule has 0 fully saturated rings. The molecule has 0 bridgehead atoms. The Kier molecular flexibility index (Phi) is 2.94. The molecule has 0 saturated carbocycles. The first-order valence-corrected chi connectivity index (χ1v) is 3.70. The van der Waals surface area contributed by atoms with E-state index in [1.807, 2.05) is 0 Å². The van der Waals surface area contributed by atoms with Crippen molar-refractivity contribution in [3.05, 3.63) is 29.0 Å². The van der Waals surface area contributed by atoms with Crippen molar-refractivity contribution >= 4 is 23.7 Å². The Labute approximate surface area is 74.4 Å². The maximum absolute atomic E-state index is 11.0. The van der Waals surface area contributed by atoms with Crippen molar-refractivity contribution in [2.24, 2.45) is 0 Å². The normalized spacial score (nSPS) is 9.42. The first-order valence-electron chi connectivity index (χ1n) is 3.32. The van der Waals surface area contributed by atoms with Crippen LogP contribution in [0.15, 0.2) is 18.3 Å². The van der Waals surface area contributed by atoms with Gasteiger partial charge >= 0.3 is 0 Å². The van der Waals surface area contributed by atoms with Gasteiger partial charge in [0, 0.05) is 6.20 Å². The molecule has 0 radical (unpaired) electrons. The monoisotopic (exact) mass is 183 g/mol. The van der Waals surface area contributed by atoms with Crippen LogP contribution in [0.2, 0.25) is 5.02 Å². The molecule has 0 aliphatic rings. The number of aldehydes is 1. The number of pyridine rings is 1. The van der Waals surface area contributed by atoms with Gasteiger partial charge in [0.1, 0.15) is 12.0 Å². The molecule has 0 unspecified atom stereocenters. The van der Waals surface area contributed by atoms with Crippen molar-refractivity contribution < 1.29 is 9.59 Å². The molecule has 0 spiro atoms. The van der Waals surface area contributed by atoms with Crippen LogP contribution >= 0.6 is 11.6 Å². The largest absolute Gasteiger partial charge is 0.303 e. The Morgan fingerprint density at radius 1 is 1.58 bits per heavy atom. The number of ketones is 1. The minimum atomic E-state index is -0.290. The molecular weight excluding hydrogens is 178 g/mol. The highest BCUT2D eigenvalue weighted by atomic mass is 35.5. The quantitative estimate of drug-likeness (QED) is 0.405. The van der Waals surface area contributed by atoms with E-state index in [0.717, 1.165) is 0 Å². The average molecular weight is 184 g/mol. The predicted molar refractivity (Wildman–Crippen MR) is 44.3 cm³/mol. The van der Waals surface area contributed by atoms with Gasteiger partial charge in [-0.05, 0) is 12.1 Å². The fourth-order valence-electron chi connectivity index (χ4n) is 0.721. The van der Waals surface area contributed by atoms with E-state index in [4.69, 9.17) is 11.6 Å². The van der Waals surface area contributed by atoms with Crippen molar-refractivity contribution in [2.45, 2.75) is 6.42 Å². The van der Waals surface area contributed by atoms with E-state index in [2.05, 4.69) is 4.98 Å². The van der Waals surface area contributed by atoms with E-state index in [9.17, 15) is 9.59 Å². The SMILES string of the molecule is O=CCC(=O)c1ccc(Cl)cn1. The Hall–Kier alpha value is -1.22. The summed E-state index contributed by atoms with van der Waals surface area (Å²) in [6.45, 7) is 0. The molecule has 0 aliphatic heterocycles. The van der Waals surface area contributed by atoms with Crippen molar-refractivity contribution in [3.63, 3.8) is 0 Å². The number of nitrogens with zero attached hydrogens (tertiary/aromatic N) is 1. The Morgan fingerprint density at radius 3 is 2.83 bits per heavy atom. The topological polar surface area (TPSA) is 47.0 Å². The van der Waals surface area contributed by atoms with E-state index in [1.54, 1.807) is 6.07 Å². The van der Waals surface area contributed by atoms with Crippen molar-refractivity contribution in [3.8, 4) is 0 Å². The van der Waals surface area contributed by atoms with Gasteiger partial charge in [0.2, 0.25) is 0 Å². The lowest BCUT2D eigenvalue weighted by atomic mass is 10.2. The van der Waals surface area contributed by atoms with Gasteiger partial charge in [-0.15, -0.1) is 0 Å². The van der Waals surface area contributed by atoms with E-state index in [-0.39, 0.29) is 17.9 Å². The van der Waals surface area contributed by atoms with E-state index in [1.165, 1.54) is 12.3 Å². The third kappa shape index (κ3) is 2.13. The van der Waals surface area contributed by atoms with Crippen LogP contribution in [0, 0.1) is 0 Å². The van der Waals surface area contributed by atoms with Gasteiger partial charge in [-0.25, -0.2) is 0 Å². The molecule has 0 amide bonds. The number of carbonyl (C=O) groups excluding carboxylic acids is 2. The average Bonchev–Trinajstić information content (AvgIpc) is 2.06. The second kappa shape index (κ2) is 3.97. The first-order chi connectivity index (χ1) is 5.74. The van der Waals surface area contributed by atoms with Crippen LogP contribution in [0.25, 0.3) is 0 Å². The van der Waals surface area contributed by atoms with Gasteiger partial charge in [0.05, 0.1) is 11.4 Å². The molecule has 0 saturated heterocycles. The maximum atomic E-state index is 11.0. The summed E-state index contributed by atoms with van der Waals surface area (Å²) in [4.78, 5) is 24.8. The molecule has 1 heterocycles. The summed E-state index contributed by atoms with van der Waals surface area (Å²) in [6.07, 6.45) is 1.80. The van der Waals surface area contributed by atoms with Crippen molar-refractivity contribution in [1.29, 1.82) is 0 Å². The lowest BCUT2D eigenvalue weighted by Crippen LogP contribution is -2.01. The first kappa shape index (κ1) is 8.87. The summed E-state index contributed by atoms with van der Waals surface area (Å²) in [5, 5.41) is 0.470. The van der Waals surface area contributed by atoms with Crippen LogP contribution in [0.5, 0.6) is 0 Å². The molecule has 62 valence electrons. The highest BCUT2D eigenvalue weighted by Crippen LogP contribution is 2.06. The zero-order valence-corrected chi connectivity index (χ0v) is 6.91. The van der Waals surface area contributed by atoms with Crippen LogP contribution in [0.1, 0.15) is 16.9 Å². The molecule has 1 rings (SSSR count). The molecule has 12 heavy (non-hydrogen) atoms. The summed E-state index contributed by atoms with van der Waals surface area (Å²) in [6, 6.07) is 3.06. The summed E-state index contributed by atoms with van der Waals surface area (Å²) >= 11 is 5.55. The molecular formula is C8H6ClNO2. The Morgan fingerprint density at radius 2 is 2.33 bits per heavy atom. The molecule has 1 aromatic heterocycles. The fraction of sp³-hybridized carbons (Fsp3) is 0.125. The molecule has 0 aliphatic carbocycles. The maximum Gasteiger partial charge on any atom is 0.188 e. The van der Waals surface area contributed by atoms with Gasteiger partial charge in [0.25, 0.3) is 0 Å². The van der Waals surface area contributed by atoms with Gasteiger partial charge in [-0.2, -0.15) is 0 Å². The van der Waals surface area contributed by atoms with E-state index < -0.39 is 0 Å². The lowest BCUT2D eigenvalue weighted by Gasteiger charge is -1.94. The number of Topliss-reactive ketones (excluding diaryl/α,β-unsaturated/α-hetero) is 1. The number of hydrogen-bond donors (Lipinski definition) is 0. The molecule has 4 heteroatoms. The molecule has 0 aromatic carbocycles. The molecule has 1 aromatic rings. The summed E-state index contributed by atoms with van der Waals surface area (Å²) in [7, 11) is 0. The van der Waals surface area contributed by atoms with Crippen LogP contribution < -0.4 is 0 Å². The van der Waals surface area contributed by atoms with Crippen molar-refractivity contribution in [2.75, 3.05) is 0 Å². The van der Waals surface area contributed by atoms with Gasteiger partial charge < -0.3 is 4.79 Å². The van der Waals surface area contributed by atoms with Gasteiger partial charge in [0.15, 0.2) is 5.78 Å². The highest BCUT2D eigenvalue weighted by Gasteiger charge is 2.04. The number of hydrogen-bond acceptors (Lipinski definition) is 3. The number of aromatic nitrogens is 1. The lowest BCUT2D eigenvalue weighted by molar-refractivity contribution is -0.107. The number of rotatable bonds is 3. The zero-order valence-electron chi connectivity index (χ0n) is 6.16. The third-order valence-electron chi connectivity index (χ3n) is 1.28. The van der Waals surface area contributed by atoms with E-state index >= 15 is 0 Å². The van der Waals surface area contributed by atoms with Crippen LogP contribution in [-0.4, -0.2) is 17.1 Å². The summed E-state index contributed by atoms with van der Waals surface area (Å²) in [5.41, 5.74) is 0.270. The Balaban J connectivity index is 2.82. The van der Waals surface area contributed by atoms with Crippen LogP contribution in [0.3, 0.4) is 0 Å². The molecule has 0 atom stereocenters. The van der Waals surface area contributed by atoms with E-state index in [0.29, 0.717) is 11.3 Å². The summed E-state index contributed by atoms with van der Waals surface area (Å²) in [5.74, 6) is -0.290. The van der Waals surface area contributed by atoms with Gasteiger partial charge in [-0.3, -0.25) is 9.78 Å². The minimum Gasteiger partial charge on any atom is -0.303 e. The second-order valence-electron chi connectivity index (χ2n) is 2.16. The van der Waals surface area contributed by atoms with Crippen LogP contribution in [0.4, 0.5) is 0 Å². The third-order valence-corrected chi connectivity index (χ3v) is 1.51. The number of carbonyl (C=O) groups is 2. The molecule has 3 nitrogen and oxygen atoms in total. The minimum absolute atomic E-state index is 0.130. The van der Waals surface area contributed by atoms with Gasteiger partial charge in [-0.1, -0.05) is 11.6 Å². The molecule has 0 N–H and O–H groups in total. The van der Waals surface area contributed by atoms with Crippen LogP contribution in [-0.2, 0) is 4.79 Å².